The van der Waals surface area contributed by atoms with Gasteiger partial charge >= 0.3 is 0 Å². The van der Waals surface area contributed by atoms with Crippen molar-refractivity contribution in [3.63, 3.8) is 0 Å². The molecule has 1 amide bonds. The Balaban J connectivity index is 1.78. The Labute approximate surface area is 72.5 Å². The predicted molar refractivity (Wildman–Crippen MR) is 44.7 cm³/mol. The van der Waals surface area contributed by atoms with Gasteiger partial charge in [0, 0.05) is 19.4 Å². The van der Waals surface area contributed by atoms with Gasteiger partial charge in [0.25, 0.3) is 0 Å². The predicted octanol–water partition coefficient (Wildman–Crippen LogP) is 0.690. The number of carbonyl (C=O) groups excluding carboxylic acids is 1. The second-order valence-corrected chi connectivity index (χ2v) is 4.06. The van der Waals surface area contributed by atoms with Gasteiger partial charge in [-0.05, 0) is 19.8 Å². The van der Waals surface area contributed by atoms with E-state index in [-0.39, 0.29) is 17.6 Å². The topological polar surface area (TPSA) is 38.3 Å². The van der Waals surface area contributed by atoms with Gasteiger partial charge in [-0.2, -0.15) is 0 Å². The largest absolute Gasteiger partial charge is 0.376 e. The fraction of sp³-hybridized carbons (Fsp3) is 0.889. The summed E-state index contributed by atoms with van der Waals surface area (Å²) in [6.45, 7) is 2.03. The van der Waals surface area contributed by atoms with Crippen molar-refractivity contribution in [1.82, 2.24) is 5.32 Å². The van der Waals surface area contributed by atoms with Crippen molar-refractivity contribution >= 4 is 5.91 Å². The van der Waals surface area contributed by atoms with Crippen LogP contribution in [0, 0.1) is 5.92 Å². The fourth-order valence-corrected chi connectivity index (χ4v) is 1.41. The Morgan fingerprint density at radius 2 is 2.25 bits per heavy atom. The molecule has 2 rings (SSSR count). The molecule has 0 aliphatic heterocycles. The van der Waals surface area contributed by atoms with Crippen LogP contribution in [0.15, 0.2) is 0 Å². The molecule has 3 heteroatoms. The first-order chi connectivity index (χ1) is 5.65. The molecule has 0 unspecified atom stereocenters. The number of carbonyl (C=O) groups is 1. The number of methoxy groups -OCH3 is 1. The molecule has 12 heavy (non-hydrogen) atoms. The highest BCUT2D eigenvalue weighted by atomic mass is 16.5. The van der Waals surface area contributed by atoms with Gasteiger partial charge in [-0.3, -0.25) is 4.79 Å². The van der Waals surface area contributed by atoms with E-state index in [9.17, 15) is 4.79 Å². The van der Waals surface area contributed by atoms with E-state index in [2.05, 4.69) is 5.32 Å². The van der Waals surface area contributed by atoms with Crippen LogP contribution in [-0.4, -0.2) is 24.7 Å². The normalized spacial score (nSPS) is 39.3. The third-order valence-corrected chi connectivity index (χ3v) is 2.92. The summed E-state index contributed by atoms with van der Waals surface area (Å²) in [6.07, 6.45) is 3.10. The Bertz CT molecular complexity index is 213. The highest BCUT2D eigenvalue weighted by Gasteiger charge is 2.52. The molecule has 2 aliphatic carbocycles. The van der Waals surface area contributed by atoms with E-state index in [4.69, 9.17) is 4.74 Å². The zero-order chi connectivity index (χ0) is 8.77. The molecule has 0 aromatic carbocycles. The summed E-state index contributed by atoms with van der Waals surface area (Å²) < 4.78 is 5.25. The highest BCUT2D eigenvalue weighted by Crippen LogP contribution is 2.40. The van der Waals surface area contributed by atoms with Gasteiger partial charge in [0.1, 0.15) is 0 Å². The molecule has 2 fully saturated rings. The van der Waals surface area contributed by atoms with Gasteiger partial charge in [-0.15, -0.1) is 0 Å². The van der Waals surface area contributed by atoms with E-state index in [0.29, 0.717) is 5.92 Å². The van der Waals surface area contributed by atoms with E-state index < -0.39 is 0 Å². The molecule has 0 saturated heterocycles. The van der Waals surface area contributed by atoms with Crippen LogP contribution in [0.25, 0.3) is 0 Å². The van der Waals surface area contributed by atoms with Crippen LogP contribution in [0.4, 0.5) is 0 Å². The zero-order valence-corrected chi connectivity index (χ0v) is 7.59. The van der Waals surface area contributed by atoms with E-state index in [1.54, 1.807) is 7.11 Å². The van der Waals surface area contributed by atoms with E-state index >= 15 is 0 Å². The summed E-state index contributed by atoms with van der Waals surface area (Å²) in [5.74, 6) is 0.535. The Kier molecular flexibility index (Phi) is 1.65. The summed E-state index contributed by atoms with van der Waals surface area (Å²) >= 11 is 0. The smallest absolute Gasteiger partial charge is 0.223 e. The molecule has 0 spiro atoms. The molecule has 2 saturated carbocycles. The third kappa shape index (κ3) is 1.33. The third-order valence-electron chi connectivity index (χ3n) is 2.92. The van der Waals surface area contributed by atoms with Crippen molar-refractivity contribution in [2.24, 2.45) is 5.92 Å². The quantitative estimate of drug-likeness (QED) is 0.675. The van der Waals surface area contributed by atoms with Crippen LogP contribution in [-0.2, 0) is 9.53 Å². The van der Waals surface area contributed by atoms with Gasteiger partial charge < -0.3 is 10.1 Å². The Morgan fingerprint density at radius 1 is 1.58 bits per heavy atom. The minimum Gasteiger partial charge on any atom is -0.376 e. The Hall–Kier alpha value is -0.570. The summed E-state index contributed by atoms with van der Waals surface area (Å²) in [5, 5.41) is 2.99. The van der Waals surface area contributed by atoms with Gasteiger partial charge in [0.05, 0.1) is 11.6 Å². The van der Waals surface area contributed by atoms with Gasteiger partial charge in [-0.25, -0.2) is 0 Å². The molecule has 68 valence electrons. The number of amides is 1. The monoisotopic (exact) mass is 169 g/mol. The molecular formula is C9H15NO2. The van der Waals surface area contributed by atoms with Crippen molar-refractivity contribution in [2.75, 3.05) is 7.11 Å². The van der Waals surface area contributed by atoms with Crippen molar-refractivity contribution in [2.45, 2.75) is 37.8 Å². The van der Waals surface area contributed by atoms with Crippen molar-refractivity contribution in [1.29, 1.82) is 0 Å². The average molecular weight is 169 g/mol. The Morgan fingerprint density at radius 3 is 2.67 bits per heavy atom. The number of hydrogen-bond acceptors (Lipinski definition) is 2. The van der Waals surface area contributed by atoms with E-state index in [1.807, 2.05) is 6.92 Å². The first-order valence-corrected chi connectivity index (χ1v) is 4.51. The lowest BCUT2D eigenvalue weighted by Crippen LogP contribution is -2.32. The molecule has 0 heterocycles. The van der Waals surface area contributed by atoms with E-state index in [0.717, 1.165) is 19.3 Å². The van der Waals surface area contributed by atoms with Crippen LogP contribution in [0.5, 0.6) is 0 Å². The van der Waals surface area contributed by atoms with Gasteiger partial charge in [0.15, 0.2) is 0 Å². The van der Waals surface area contributed by atoms with Crippen molar-refractivity contribution in [3.05, 3.63) is 0 Å². The second kappa shape index (κ2) is 2.46. The molecule has 0 aromatic rings. The SMILES string of the molecule is CO[C@@]1(C)C[C@H]1NC(=O)C1CC1. The van der Waals surface area contributed by atoms with Crippen molar-refractivity contribution in [3.8, 4) is 0 Å². The summed E-state index contributed by atoms with van der Waals surface area (Å²) in [4.78, 5) is 11.3. The summed E-state index contributed by atoms with van der Waals surface area (Å²) in [7, 11) is 1.70. The van der Waals surface area contributed by atoms with Crippen molar-refractivity contribution < 1.29 is 9.53 Å². The zero-order valence-electron chi connectivity index (χ0n) is 7.59. The molecule has 0 aromatic heterocycles. The molecule has 2 atom stereocenters. The standard InChI is InChI=1S/C9H15NO2/c1-9(12-2)5-7(9)10-8(11)6-3-4-6/h6-7H,3-5H2,1-2H3,(H,10,11)/t7-,9+/m1/s1. The molecule has 0 radical (unpaired) electrons. The first kappa shape index (κ1) is 8.05. The number of hydrogen-bond donors (Lipinski definition) is 1. The molecule has 0 bridgehead atoms. The van der Waals surface area contributed by atoms with Crippen LogP contribution in [0.2, 0.25) is 0 Å². The average Bonchev–Trinajstić information content (AvgIpc) is 2.87. The molecule has 1 N–H and O–H groups in total. The minimum absolute atomic E-state index is 0.0788. The van der Waals surface area contributed by atoms with Gasteiger partial charge in [0.2, 0.25) is 5.91 Å². The van der Waals surface area contributed by atoms with Gasteiger partial charge in [-0.1, -0.05) is 0 Å². The van der Waals surface area contributed by atoms with Crippen LogP contribution in [0.3, 0.4) is 0 Å². The lowest BCUT2D eigenvalue weighted by atomic mass is 10.3. The minimum atomic E-state index is -0.0788. The number of ether oxygens (including phenoxy) is 1. The summed E-state index contributed by atoms with van der Waals surface area (Å²) in [6, 6.07) is 0.260. The maximum atomic E-state index is 11.3. The van der Waals surface area contributed by atoms with E-state index in [1.165, 1.54) is 0 Å². The maximum absolute atomic E-state index is 11.3. The molecule has 2 aliphatic rings. The van der Waals surface area contributed by atoms with Crippen LogP contribution < -0.4 is 5.32 Å². The van der Waals surface area contributed by atoms with Crippen LogP contribution in [0.1, 0.15) is 26.2 Å². The first-order valence-electron chi connectivity index (χ1n) is 4.51. The maximum Gasteiger partial charge on any atom is 0.223 e. The molecular weight excluding hydrogens is 154 g/mol. The fourth-order valence-electron chi connectivity index (χ4n) is 1.41. The van der Waals surface area contributed by atoms with Crippen LogP contribution >= 0.6 is 0 Å². The number of rotatable bonds is 3. The molecule has 3 nitrogen and oxygen atoms in total. The second-order valence-electron chi connectivity index (χ2n) is 4.06. The lowest BCUT2D eigenvalue weighted by molar-refractivity contribution is -0.122. The highest BCUT2D eigenvalue weighted by molar-refractivity contribution is 5.81. The summed E-state index contributed by atoms with van der Waals surface area (Å²) in [5.41, 5.74) is -0.0788. The number of nitrogens with one attached hydrogen (secondary N) is 1. The lowest BCUT2D eigenvalue weighted by Gasteiger charge is -2.09.